The molecule has 2 nitrogen and oxygen atoms in total. The molecule has 1 aliphatic rings. The summed E-state index contributed by atoms with van der Waals surface area (Å²) >= 11 is 0. The van der Waals surface area contributed by atoms with Crippen LogP contribution in [0.4, 0.5) is 0 Å². The molecule has 4 unspecified atom stereocenters. The monoisotopic (exact) mass is 254 g/mol. The van der Waals surface area contributed by atoms with Crippen molar-refractivity contribution in [1.82, 2.24) is 10.2 Å². The van der Waals surface area contributed by atoms with E-state index in [0.29, 0.717) is 11.5 Å². The van der Waals surface area contributed by atoms with E-state index >= 15 is 0 Å². The van der Waals surface area contributed by atoms with Crippen molar-refractivity contribution in [3.8, 4) is 0 Å². The second-order valence-corrected chi connectivity index (χ2v) is 7.55. The maximum absolute atomic E-state index is 3.49. The molecule has 0 saturated carbocycles. The number of nitrogens with one attached hydrogen (secondary N) is 1. The molecule has 0 aliphatic carbocycles. The summed E-state index contributed by atoms with van der Waals surface area (Å²) < 4.78 is 0. The van der Waals surface area contributed by atoms with Gasteiger partial charge in [0.1, 0.15) is 0 Å². The Labute approximate surface area is 115 Å². The fourth-order valence-electron chi connectivity index (χ4n) is 3.43. The molecule has 1 heterocycles. The molecule has 0 aromatic heterocycles. The van der Waals surface area contributed by atoms with E-state index in [2.05, 4.69) is 58.8 Å². The maximum Gasteiger partial charge on any atom is 0.0125 e. The van der Waals surface area contributed by atoms with Gasteiger partial charge in [0.15, 0.2) is 0 Å². The van der Waals surface area contributed by atoms with Gasteiger partial charge in [0.05, 0.1) is 0 Å². The van der Waals surface area contributed by atoms with Crippen LogP contribution in [0.3, 0.4) is 0 Å². The van der Waals surface area contributed by atoms with Gasteiger partial charge in [-0.15, -0.1) is 0 Å². The first-order valence-corrected chi connectivity index (χ1v) is 7.67. The normalized spacial score (nSPS) is 32.5. The second-order valence-electron chi connectivity index (χ2n) is 7.55. The Bertz CT molecular complexity index is 244. The Morgan fingerprint density at radius 3 is 2.33 bits per heavy atom. The van der Waals surface area contributed by atoms with E-state index in [1.165, 1.54) is 25.9 Å². The second kappa shape index (κ2) is 6.38. The van der Waals surface area contributed by atoms with E-state index in [0.717, 1.165) is 17.9 Å². The SMILES string of the molecule is CNC(CCN1CC(C)CC(C)C1C)C(C)(C)C. The third-order valence-corrected chi connectivity index (χ3v) is 4.82. The third-order valence-electron chi connectivity index (χ3n) is 4.82. The summed E-state index contributed by atoms with van der Waals surface area (Å²) in [5, 5.41) is 3.49. The zero-order valence-corrected chi connectivity index (χ0v) is 13.6. The average molecular weight is 254 g/mol. The van der Waals surface area contributed by atoms with Crippen LogP contribution in [-0.4, -0.2) is 37.1 Å². The lowest BCUT2D eigenvalue weighted by Crippen LogP contribution is -2.48. The predicted octanol–water partition coefficient (Wildman–Crippen LogP) is 3.38. The van der Waals surface area contributed by atoms with Crippen LogP contribution in [0.2, 0.25) is 0 Å². The van der Waals surface area contributed by atoms with Crippen molar-refractivity contribution >= 4 is 0 Å². The third kappa shape index (κ3) is 4.24. The van der Waals surface area contributed by atoms with Crippen LogP contribution in [-0.2, 0) is 0 Å². The Hall–Kier alpha value is -0.0800. The van der Waals surface area contributed by atoms with Gasteiger partial charge in [-0.2, -0.15) is 0 Å². The predicted molar refractivity (Wildman–Crippen MR) is 80.9 cm³/mol. The molecule has 4 atom stereocenters. The molecule has 1 aliphatic heterocycles. The lowest BCUT2D eigenvalue weighted by Gasteiger charge is -2.42. The molecular formula is C16H34N2. The lowest BCUT2D eigenvalue weighted by molar-refractivity contribution is 0.0710. The Morgan fingerprint density at radius 2 is 1.83 bits per heavy atom. The summed E-state index contributed by atoms with van der Waals surface area (Å²) in [5.41, 5.74) is 0.352. The minimum Gasteiger partial charge on any atom is -0.316 e. The fourth-order valence-corrected chi connectivity index (χ4v) is 3.43. The maximum atomic E-state index is 3.49. The van der Waals surface area contributed by atoms with Crippen molar-refractivity contribution in [3.05, 3.63) is 0 Å². The van der Waals surface area contributed by atoms with Crippen LogP contribution >= 0.6 is 0 Å². The highest BCUT2D eigenvalue weighted by Gasteiger charge is 2.30. The van der Waals surface area contributed by atoms with Gasteiger partial charge in [-0.3, -0.25) is 0 Å². The van der Waals surface area contributed by atoms with E-state index < -0.39 is 0 Å². The molecule has 1 saturated heterocycles. The highest BCUT2D eigenvalue weighted by Crippen LogP contribution is 2.28. The van der Waals surface area contributed by atoms with Crippen LogP contribution in [0.1, 0.15) is 54.4 Å². The van der Waals surface area contributed by atoms with Crippen LogP contribution in [0.25, 0.3) is 0 Å². The molecule has 0 amide bonds. The van der Waals surface area contributed by atoms with Gasteiger partial charge in [-0.1, -0.05) is 34.6 Å². The van der Waals surface area contributed by atoms with Crippen molar-refractivity contribution in [1.29, 1.82) is 0 Å². The first-order valence-electron chi connectivity index (χ1n) is 7.67. The minimum absolute atomic E-state index is 0.352. The quantitative estimate of drug-likeness (QED) is 0.827. The molecule has 2 heteroatoms. The van der Waals surface area contributed by atoms with E-state index in [1.807, 2.05) is 0 Å². The van der Waals surface area contributed by atoms with E-state index in [4.69, 9.17) is 0 Å². The molecule has 0 aromatic carbocycles. The smallest absolute Gasteiger partial charge is 0.0125 e. The van der Waals surface area contributed by atoms with Gasteiger partial charge in [0.25, 0.3) is 0 Å². The van der Waals surface area contributed by atoms with Crippen molar-refractivity contribution in [3.63, 3.8) is 0 Å². The molecule has 1 rings (SSSR count). The Kier molecular flexibility index (Phi) is 5.67. The molecule has 1 fully saturated rings. The Morgan fingerprint density at radius 1 is 1.22 bits per heavy atom. The standard InChI is InChI=1S/C16H34N2/c1-12-10-13(2)14(3)18(11-12)9-8-15(17-7)16(4,5)6/h12-15,17H,8-11H2,1-7H3. The van der Waals surface area contributed by atoms with Crippen molar-refractivity contribution in [2.45, 2.75) is 66.5 Å². The van der Waals surface area contributed by atoms with Crippen LogP contribution in [0.5, 0.6) is 0 Å². The number of hydrogen-bond donors (Lipinski definition) is 1. The highest BCUT2D eigenvalue weighted by atomic mass is 15.2. The average Bonchev–Trinajstić information content (AvgIpc) is 2.23. The molecule has 1 N–H and O–H groups in total. The zero-order chi connectivity index (χ0) is 13.9. The van der Waals surface area contributed by atoms with Crippen molar-refractivity contribution in [2.75, 3.05) is 20.1 Å². The van der Waals surface area contributed by atoms with Crippen molar-refractivity contribution < 1.29 is 0 Å². The molecule has 108 valence electrons. The number of piperidine rings is 1. The molecule has 18 heavy (non-hydrogen) atoms. The minimum atomic E-state index is 0.352. The summed E-state index contributed by atoms with van der Waals surface area (Å²) in [6, 6.07) is 1.36. The first kappa shape index (κ1) is 16.0. The number of likely N-dealkylation sites (tertiary alicyclic amines) is 1. The van der Waals surface area contributed by atoms with Crippen LogP contribution in [0.15, 0.2) is 0 Å². The summed E-state index contributed by atoms with van der Waals surface area (Å²) in [7, 11) is 2.10. The van der Waals surface area contributed by atoms with Crippen LogP contribution < -0.4 is 5.32 Å². The summed E-state index contributed by atoms with van der Waals surface area (Å²) in [4.78, 5) is 2.70. The van der Waals surface area contributed by atoms with Gasteiger partial charge >= 0.3 is 0 Å². The van der Waals surface area contributed by atoms with Crippen molar-refractivity contribution in [2.24, 2.45) is 17.3 Å². The van der Waals surface area contributed by atoms with Crippen LogP contribution in [0, 0.1) is 17.3 Å². The molecule has 0 bridgehead atoms. The zero-order valence-electron chi connectivity index (χ0n) is 13.6. The van der Waals surface area contributed by atoms with Gasteiger partial charge < -0.3 is 10.2 Å². The van der Waals surface area contributed by atoms with Gasteiger partial charge in [-0.05, 0) is 50.6 Å². The van der Waals surface area contributed by atoms with E-state index in [1.54, 1.807) is 0 Å². The van der Waals surface area contributed by atoms with E-state index in [9.17, 15) is 0 Å². The Balaban J connectivity index is 2.51. The first-order chi connectivity index (χ1) is 8.25. The van der Waals surface area contributed by atoms with Gasteiger partial charge in [-0.25, -0.2) is 0 Å². The number of nitrogens with zero attached hydrogens (tertiary/aromatic N) is 1. The lowest BCUT2D eigenvalue weighted by atomic mass is 9.83. The topological polar surface area (TPSA) is 15.3 Å². The van der Waals surface area contributed by atoms with Gasteiger partial charge in [0.2, 0.25) is 0 Å². The molecule has 0 radical (unpaired) electrons. The molecule has 0 aromatic rings. The number of rotatable bonds is 4. The van der Waals surface area contributed by atoms with E-state index in [-0.39, 0.29) is 0 Å². The summed E-state index contributed by atoms with van der Waals surface area (Å²) in [5.74, 6) is 1.70. The highest BCUT2D eigenvalue weighted by molar-refractivity contribution is 4.85. The molecule has 0 spiro atoms. The number of hydrogen-bond acceptors (Lipinski definition) is 2. The summed E-state index contributed by atoms with van der Waals surface area (Å²) in [6.45, 7) is 16.7. The fraction of sp³-hybridized carbons (Fsp3) is 1.00. The largest absolute Gasteiger partial charge is 0.316 e. The molecular weight excluding hydrogens is 220 g/mol. The summed E-state index contributed by atoms with van der Waals surface area (Å²) in [6.07, 6.45) is 2.65. The van der Waals surface area contributed by atoms with Gasteiger partial charge in [0, 0.05) is 18.6 Å².